The SMILES string of the molecule is Nc1cc(Cl)cc(Cl)c1S(=O)(=O)NC(C1CC1)C1CC1. The molecule has 7 heteroatoms. The minimum absolute atomic E-state index is 0.0196. The van der Waals surface area contributed by atoms with Crippen molar-refractivity contribution in [3.63, 3.8) is 0 Å². The molecule has 0 unspecified atom stereocenters. The summed E-state index contributed by atoms with van der Waals surface area (Å²) in [5.41, 5.74) is 5.86. The van der Waals surface area contributed by atoms with Gasteiger partial charge in [0.05, 0.1) is 10.7 Å². The van der Waals surface area contributed by atoms with E-state index >= 15 is 0 Å². The third kappa shape index (κ3) is 2.91. The summed E-state index contributed by atoms with van der Waals surface area (Å²) in [4.78, 5) is -0.0603. The van der Waals surface area contributed by atoms with Gasteiger partial charge in [-0.3, -0.25) is 0 Å². The second-order valence-electron chi connectivity index (χ2n) is 5.63. The van der Waals surface area contributed by atoms with Crippen molar-refractivity contribution >= 4 is 38.9 Å². The van der Waals surface area contributed by atoms with Crippen molar-refractivity contribution in [1.29, 1.82) is 0 Å². The van der Waals surface area contributed by atoms with Crippen LogP contribution in [0.4, 0.5) is 5.69 Å². The van der Waals surface area contributed by atoms with Crippen LogP contribution in [0.3, 0.4) is 0 Å². The average molecular weight is 335 g/mol. The fourth-order valence-electron chi connectivity index (χ4n) is 2.59. The lowest BCUT2D eigenvalue weighted by atomic mass is 10.1. The van der Waals surface area contributed by atoms with Crippen molar-refractivity contribution in [2.75, 3.05) is 5.73 Å². The maximum Gasteiger partial charge on any atom is 0.244 e. The number of nitrogens with two attached hydrogens (primary N) is 1. The lowest BCUT2D eigenvalue weighted by Crippen LogP contribution is -2.38. The predicted octanol–water partition coefficient (Wildman–Crippen LogP) is 3.04. The molecule has 0 atom stereocenters. The van der Waals surface area contributed by atoms with E-state index in [1.54, 1.807) is 0 Å². The van der Waals surface area contributed by atoms with Gasteiger partial charge >= 0.3 is 0 Å². The Balaban J connectivity index is 1.91. The second-order valence-corrected chi connectivity index (χ2v) is 8.12. The van der Waals surface area contributed by atoms with Gasteiger partial charge in [-0.25, -0.2) is 13.1 Å². The van der Waals surface area contributed by atoms with E-state index in [2.05, 4.69) is 4.72 Å². The number of rotatable bonds is 5. The molecule has 0 aliphatic heterocycles. The molecule has 3 rings (SSSR count). The average Bonchev–Trinajstić information content (AvgIpc) is 3.18. The fraction of sp³-hybridized carbons (Fsp3) is 0.538. The van der Waals surface area contributed by atoms with Crippen LogP contribution in [-0.4, -0.2) is 14.5 Å². The Bertz CT molecular complexity index is 605. The van der Waals surface area contributed by atoms with Crippen LogP contribution >= 0.6 is 23.2 Å². The molecule has 2 fully saturated rings. The number of sulfonamides is 1. The standard InChI is InChI=1S/C13H16Cl2N2O2S/c14-9-5-10(15)13(11(16)6-9)20(18,19)17-12(7-1-2-7)8-3-4-8/h5-8,12,17H,1-4,16H2. The lowest BCUT2D eigenvalue weighted by molar-refractivity contribution is 0.471. The molecule has 0 saturated heterocycles. The smallest absolute Gasteiger partial charge is 0.244 e. The highest BCUT2D eigenvalue weighted by Crippen LogP contribution is 2.45. The summed E-state index contributed by atoms with van der Waals surface area (Å²) in [6.45, 7) is 0. The molecule has 1 aromatic carbocycles. The Morgan fingerprint density at radius 2 is 1.70 bits per heavy atom. The molecule has 0 radical (unpaired) electrons. The molecule has 2 aliphatic carbocycles. The second kappa shape index (κ2) is 5.05. The van der Waals surface area contributed by atoms with Crippen molar-refractivity contribution < 1.29 is 8.42 Å². The normalized spacial score (nSPS) is 19.6. The molecule has 4 nitrogen and oxygen atoms in total. The van der Waals surface area contributed by atoms with Crippen LogP contribution in [0.25, 0.3) is 0 Å². The molecular weight excluding hydrogens is 319 g/mol. The highest BCUT2D eigenvalue weighted by Gasteiger charge is 2.44. The third-order valence-electron chi connectivity index (χ3n) is 3.86. The maximum absolute atomic E-state index is 12.5. The topological polar surface area (TPSA) is 72.2 Å². The van der Waals surface area contributed by atoms with Crippen LogP contribution < -0.4 is 10.5 Å². The zero-order valence-corrected chi connectivity index (χ0v) is 13.1. The van der Waals surface area contributed by atoms with Gasteiger partial charge in [-0.15, -0.1) is 0 Å². The van der Waals surface area contributed by atoms with E-state index in [1.807, 2.05) is 0 Å². The summed E-state index contributed by atoms with van der Waals surface area (Å²) in [7, 11) is -3.71. The molecule has 3 N–H and O–H groups in total. The molecule has 2 saturated carbocycles. The number of nitrogens with one attached hydrogen (secondary N) is 1. The van der Waals surface area contributed by atoms with Crippen LogP contribution in [0, 0.1) is 11.8 Å². The van der Waals surface area contributed by atoms with Crippen molar-refractivity contribution in [1.82, 2.24) is 4.72 Å². The number of anilines is 1. The van der Waals surface area contributed by atoms with Crippen LogP contribution in [0.5, 0.6) is 0 Å². The number of halogens is 2. The summed E-state index contributed by atoms with van der Waals surface area (Å²) >= 11 is 11.8. The first kappa shape index (κ1) is 14.4. The zero-order valence-electron chi connectivity index (χ0n) is 10.8. The molecule has 1 aromatic rings. The zero-order chi connectivity index (χ0) is 14.5. The van der Waals surface area contributed by atoms with Crippen molar-refractivity contribution in [2.24, 2.45) is 11.8 Å². The van der Waals surface area contributed by atoms with Gasteiger partial charge in [-0.2, -0.15) is 0 Å². The fourth-order valence-corrected chi connectivity index (χ4v) is 4.95. The molecule has 0 amide bonds. The first-order valence-corrected chi connectivity index (χ1v) is 8.89. The monoisotopic (exact) mass is 334 g/mol. The number of benzene rings is 1. The van der Waals surface area contributed by atoms with E-state index in [9.17, 15) is 8.42 Å². The summed E-state index contributed by atoms with van der Waals surface area (Å²) in [5, 5.41) is 0.389. The molecule has 110 valence electrons. The number of hydrogen-bond acceptors (Lipinski definition) is 3. The minimum Gasteiger partial charge on any atom is -0.398 e. The summed E-state index contributed by atoms with van der Waals surface area (Å²) in [5.74, 6) is 0.925. The largest absolute Gasteiger partial charge is 0.398 e. The van der Waals surface area contributed by atoms with Gasteiger partial charge in [-0.05, 0) is 49.7 Å². The van der Waals surface area contributed by atoms with E-state index < -0.39 is 10.0 Å². The van der Waals surface area contributed by atoms with Crippen LogP contribution in [0.15, 0.2) is 17.0 Å². The van der Waals surface area contributed by atoms with Gasteiger partial charge in [0.1, 0.15) is 4.90 Å². The predicted molar refractivity (Wildman–Crippen MR) is 80.4 cm³/mol. The molecule has 0 bridgehead atoms. The number of nitrogen functional groups attached to an aromatic ring is 1. The lowest BCUT2D eigenvalue weighted by Gasteiger charge is -2.19. The summed E-state index contributed by atoms with van der Waals surface area (Å²) in [6, 6.07) is 2.83. The molecule has 0 spiro atoms. The van der Waals surface area contributed by atoms with Gasteiger partial charge in [0.15, 0.2) is 0 Å². The van der Waals surface area contributed by atoms with Gasteiger partial charge in [0.25, 0.3) is 0 Å². The van der Waals surface area contributed by atoms with Crippen molar-refractivity contribution in [2.45, 2.75) is 36.6 Å². The molecule has 20 heavy (non-hydrogen) atoms. The van der Waals surface area contributed by atoms with Gasteiger partial charge in [0, 0.05) is 11.1 Å². The Labute approximate surface area is 128 Å². The molecular formula is C13H16Cl2N2O2S. The van der Waals surface area contributed by atoms with E-state index in [-0.39, 0.29) is 21.6 Å². The first-order valence-electron chi connectivity index (χ1n) is 6.65. The highest BCUT2D eigenvalue weighted by atomic mass is 35.5. The molecule has 0 heterocycles. The minimum atomic E-state index is -3.71. The molecule has 2 aliphatic rings. The maximum atomic E-state index is 12.5. The Morgan fingerprint density at radius 3 is 2.15 bits per heavy atom. The van der Waals surface area contributed by atoms with Crippen molar-refractivity contribution in [3.8, 4) is 0 Å². The Morgan fingerprint density at radius 1 is 1.15 bits per heavy atom. The number of hydrogen-bond donors (Lipinski definition) is 2. The third-order valence-corrected chi connectivity index (χ3v) is 6.06. The van der Waals surface area contributed by atoms with E-state index in [0.717, 1.165) is 25.7 Å². The van der Waals surface area contributed by atoms with E-state index in [0.29, 0.717) is 16.9 Å². The van der Waals surface area contributed by atoms with Gasteiger partial charge in [-0.1, -0.05) is 23.2 Å². The summed E-state index contributed by atoms with van der Waals surface area (Å²) < 4.78 is 27.9. The van der Waals surface area contributed by atoms with Gasteiger partial charge < -0.3 is 5.73 Å². The van der Waals surface area contributed by atoms with E-state index in [4.69, 9.17) is 28.9 Å². The van der Waals surface area contributed by atoms with E-state index in [1.165, 1.54) is 12.1 Å². The Hall–Kier alpha value is -0.490. The van der Waals surface area contributed by atoms with Crippen molar-refractivity contribution in [3.05, 3.63) is 22.2 Å². The quantitative estimate of drug-likeness (QED) is 0.813. The highest BCUT2D eigenvalue weighted by molar-refractivity contribution is 7.89. The summed E-state index contributed by atoms with van der Waals surface area (Å²) in [6.07, 6.45) is 4.36. The first-order chi connectivity index (χ1) is 9.38. The molecule has 0 aromatic heterocycles. The van der Waals surface area contributed by atoms with Crippen LogP contribution in [0.1, 0.15) is 25.7 Å². The Kier molecular flexibility index (Phi) is 3.65. The van der Waals surface area contributed by atoms with Crippen LogP contribution in [-0.2, 0) is 10.0 Å². The van der Waals surface area contributed by atoms with Gasteiger partial charge in [0.2, 0.25) is 10.0 Å². The van der Waals surface area contributed by atoms with Crippen LogP contribution in [0.2, 0.25) is 10.0 Å².